The van der Waals surface area contributed by atoms with Gasteiger partial charge in [0.2, 0.25) is 21.8 Å². The van der Waals surface area contributed by atoms with Crippen molar-refractivity contribution >= 4 is 21.8 Å². The molecule has 1 aromatic rings. The molecule has 7 heteroatoms. The maximum Gasteiger partial charge on any atom is 0.230 e. The summed E-state index contributed by atoms with van der Waals surface area (Å²) in [6.45, 7) is 1.80. The number of carbonyl (C=O) groups is 2. The van der Waals surface area contributed by atoms with E-state index in [-0.39, 0.29) is 35.9 Å². The molecule has 0 spiro atoms. The lowest BCUT2D eigenvalue weighted by atomic mass is 10.0. The van der Waals surface area contributed by atoms with E-state index in [0.29, 0.717) is 12.8 Å². The number of benzene rings is 1. The number of hydrogen-bond acceptors (Lipinski definition) is 4. The predicted octanol–water partition coefficient (Wildman–Crippen LogP) is 1.67. The van der Waals surface area contributed by atoms with E-state index in [4.69, 9.17) is 0 Å². The number of amides is 2. The maximum atomic E-state index is 12.1. The van der Waals surface area contributed by atoms with Crippen molar-refractivity contribution in [1.29, 1.82) is 0 Å². The standard InChI is InChI=1S/C17H22N2O4S/c1-13(14-8-4-2-5-9-14)19-24(22,23)11-7-3-6-10-15-12-16(20)18-17(15)21/h2-6,8-9,13,15,19H,7,10-12H2,1H3,(H,18,20,21)/b6-3-/t13-,15?/m1/s1. The third-order valence-corrected chi connectivity index (χ3v) is 5.35. The second-order valence-electron chi connectivity index (χ2n) is 5.88. The number of carbonyl (C=O) groups excluding carboxylic acids is 2. The predicted molar refractivity (Wildman–Crippen MR) is 91.4 cm³/mol. The summed E-state index contributed by atoms with van der Waals surface area (Å²) in [4.78, 5) is 22.5. The van der Waals surface area contributed by atoms with E-state index in [9.17, 15) is 18.0 Å². The van der Waals surface area contributed by atoms with Gasteiger partial charge in [-0.2, -0.15) is 0 Å². The number of hydrogen-bond donors (Lipinski definition) is 2. The molecule has 1 aliphatic rings. The molecule has 1 unspecified atom stereocenters. The highest BCUT2D eigenvalue weighted by Gasteiger charge is 2.29. The van der Waals surface area contributed by atoms with E-state index in [2.05, 4.69) is 10.0 Å². The highest BCUT2D eigenvalue weighted by atomic mass is 32.2. The van der Waals surface area contributed by atoms with Crippen LogP contribution in [0.25, 0.3) is 0 Å². The Morgan fingerprint density at radius 1 is 1.25 bits per heavy atom. The molecular formula is C17H22N2O4S. The summed E-state index contributed by atoms with van der Waals surface area (Å²) >= 11 is 0. The molecule has 1 aliphatic heterocycles. The first-order valence-corrected chi connectivity index (χ1v) is 9.56. The molecule has 0 aromatic heterocycles. The van der Waals surface area contributed by atoms with Crippen LogP contribution in [0.2, 0.25) is 0 Å². The van der Waals surface area contributed by atoms with E-state index in [1.165, 1.54) is 0 Å². The first-order chi connectivity index (χ1) is 11.4. The van der Waals surface area contributed by atoms with Crippen LogP contribution in [0.15, 0.2) is 42.5 Å². The van der Waals surface area contributed by atoms with Crippen molar-refractivity contribution in [3.05, 3.63) is 48.0 Å². The Kier molecular flexibility index (Phi) is 6.28. The summed E-state index contributed by atoms with van der Waals surface area (Å²) in [6.07, 6.45) is 4.52. The van der Waals surface area contributed by atoms with Crippen LogP contribution in [-0.4, -0.2) is 26.0 Å². The summed E-state index contributed by atoms with van der Waals surface area (Å²) in [7, 11) is -3.38. The van der Waals surface area contributed by atoms with Crippen molar-refractivity contribution in [3.63, 3.8) is 0 Å². The van der Waals surface area contributed by atoms with Crippen LogP contribution in [-0.2, 0) is 19.6 Å². The average molecular weight is 350 g/mol. The third-order valence-electron chi connectivity index (χ3n) is 3.86. The molecule has 1 heterocycles. The largest absolute Gasteiger partial charge is 0.296 e. The Bertz CT molecular complexity index is 713. The molecule has 0 saturated carbocycles. The van der Waals surface area contributed by atoms with E-state index < -0.39 is 10.0 Å². The Morgan fingerprint density at radius 3 is 2.58 bits per heavy atom. The Labute approximate surface area is 142 Å². The van der Waals surface area contributed by atoms with E-state index in [1.807, 2.05) is 30.3 Å². The summed E-state index contributed by atoms with van der Waals surface area (Å²) in [5, 5.41) is 2.25. The minimum atomic E-state index is -3.38. The van der Waals surface area contributed by atoms with Gasteiger partial charge in [-0.25, -0.2) is 13.1 Å². The zero-order valence-electron chi connectivity index (χ0n) is 13.6. The normalized spacial score (nSPS) is 19.6. The minimum Gasteiger partial charge on any atom is -0.296 e. The lowest BCUT2D eigenvalue weighted by molar-refractivity contribution is -0.125. The number of imide groups is 1. The maximum absolute atomic E-state index is 12.1. The molecule has 24 heavy (non-hydrogen) atoms. The topological polar surface area (TPSA) is 92.3 Å². The second kappa shape index (κ2) is 8.21. The van der Waals surface area contributed by atoms with E-state index in [0.717, 1.165) is 5.56 Å². The van der Waals surface area contributed by atoms with Crippen molar-refractivity contribution in [1.82, 2.24) is 10.0 Å². The second-order valence-corrected chi connectivity index (χ2v) is 7.75. The lowest BCUT2D eigenvalue weighted by Gasteiger charge is -2.14. The van der Waals surface area contributed by atoms with Crippen molar-refractivity contribution in [3.8, 4) is 0 Å². The zero-order valence-corrected chi connectivity index (χ0v) is 14.4. The highest BCUT2D eigenvalue weighted by molar-refractivity contribution is 7.89. The van der Waals surface area contributed by atoms with Gasteiger partial charge in [-0.1, -0.05) is 42.5 Å². The molecule has 1 aromatic carbocycles. The minimum absolute atomic E-state index is 0.0174. The first-order valence-electron chi connectivity index (χ1n) is 7.91. The van der Waals surface area contributed by atoms with Crippen molar-refractivity contribution < 1.29 is 18.0 Å². The molecule has 1 fully saturated rings. The molecule has 2 rings (SSSR count). The van der Waals surface area contributed by atoms with Crippen LogP contribution in [0.1, 0.15) is 37.8 Å². The number of rotatable bonds is 8. The zero-order chi connectivity index (χ0) is 17.6. The van der Waals surface area contributed by atoms with Crippen LogP contribution in [0.4, 0.5) is 0 Å². The molecule has 0 radical (unpaired) electrons. The highest BCUT2D eigenvalue weighted by Crippen LogP contribution is 2.16. The van der Waals surface area contributed by atoms with Crippen molar-refractivity contribution in [2.45, 2.75) is 32.2 Å². The molecular weight excluding hydrogens is 328 g/mol. The molecule has 2 atom stereocenters. The fourth-order valence-corrected chi connectivity index (χ4v) is 3.78. The third kappa shape index (κ3) is 5.58. The van der Waals surface area contributed by atoms with Gasteiger partial charge < -0.3 is 0 Å². The van der Waals surface area contributed by atoms with Crippen LogP contribution in [0, 0.1) is 5.92 Å². The van der Waals surface area contributed by atoms with E-state index >= 15 is 0 Å². The van der Waals surface area contributed by atoms with Gasteiger partial charge in [0.1, 0.15) is 0 Å². The monoisotopic (exact) mass is 350 g/mol. The van der Waals surface area contributed by atoms with Crippen molar-refractivity contribution in [2.75, 3.05) is 5.75 Å². The SMILES string of the molecule is C[C@@H](NS(=O)(=O)CC/C=C\CC1CC(=O)NC1=O)c1ccccc1. The van der Waals surface area contributed by atoms with Gasteiger partial charge >= 0.3 is 0 Å². The fourth-order valence-electron chi connectivity index (χ4n) is 2.54. The average Bonchev–Trinajstić information content (AvgIpc) is 2.85. The van der Waals surface area contributed by atoms with Gasteiger partial charge in [-0.3, -0.25) is 14.9 Å². The van der Waals surface area contributed by atoms with Crippen LogP contribution in [0.5, 0.6) is 0 Å². The number of nitrogens with one attached hydrogen (secondary N) is 2. The molecule has 0 bridgehead atoms. The van der Waals surface area contributed by atoms with Crippen molar-refractivity contribution in [2.24, 2.45) is 5.92 Å². The van der Waals surface area contributed by atoms with Gasteiger partial charge in [-0.05, 0) is 25.3 Å². The Balaban J connectivity index is 1.75. The van der Waals surface area contributed by atoms with Crippen LogP contribution in [0.3, 0.4) is 0 Å². The Hall–Kier alpha value is -1.99. The first kappa shape index (κ1) is 18.4. The molecule has 6 nitrogen and oxygen atoms in total. The van der Waals surface area contributed by atoms with Gasteiger partial charge in [0.15, 0.2) is 0 Å². The quantitative estimate of drug-likeness (QED) is 0.551. The Morgan fingerprint density at radius 2 is 1.96 bits per heavy atom. The summed E-state index contributed by atoms with van der Waals surface area (Å²) in [5.41, 5.74) is 0.911. The molecule has 2 N–H and O–H groups in total. The molecule has 130 valence electrons. The smallest absolute Gasteiger partial charge is 0.230 e. The number of sulfonamides is 1. The van der Waals surface area contributed by atoms with E-state index in [1.54, 1.807) is 19.1 Å². The lowest BCUT2D eigenvalue weighted by Crippen LogP contribution is -2.29. The van der Waals surface area contributed by atoms with Gasteiger partial charge in [-0.15, -0.1) is 0 Å². The summed E-state index contributed by atoms with van der Waals surface area (Å²) in [5.74, 6) is -0.853. The van der Waals surface area contributed by atoms with Gasteiger partial charge in [0.05, 0.1) is 11.7 Å². The van der Waals surface area contributed by atoms with Gasteiger partial charge in [0.25, 0.3) is 0 Å². The molecule has 2 amide bonds. The summed E-state index contributed by atoms with van der Waals surface area (Å²) in [6, 6.07) is 9.09. The fraction of sp³-hybridized carbons (Fsp3) is 0.412. The van der Waals surface area contributed by atoms with Crippen LogP contribution < -0.4 is 10.0 Å². The van der Waals surface area contributed by atoms with Gasteiger partial charge in [0, 0.05) is 12.5 Å². The van der Waals surface area contributed by atoms with Crippen LogP contribution >= 0.6 is 0 Å². The molecule has 0 aliphatic carbocycles. The number of allylic oxidation sites excluding steroid dienone is 2. The molecule has 1 saturated heterocycles. The summed E-state index contributed by atoms with van der Waals surface area (Å²) < 4.78 is 26.8.